The molecule has 0 saturated heterocycles. The van der Waals surface area contributed by atoms with Gasteiger partial charge in [0.25, 0.3) is 0 Å². The maximum Gasteiger partial charge on any atom is 0.0786 e. The Labute approximate surface area is 178 Å². The summed E-state index contributed by atoms with van der Waals surface area (Å²) in [5.41, 5.74) is 4.64. The van der Waals surface area contributed by atoms with Gasteiger partial charge in [0, 0.05) is 31.3 Å². The molecule has 5 rings (SSSR count). The predicted molar refractivity (Wildman–Crippen MR) is 128 cm³/mol. The summed E-state index contributed by atoms with van der Waals surface area (Å²) in [6.07, 6.45) is 5.55. The SMILES string of the molecule is C#Cc1cc2sc(-c3cccc(N(c4ccccc4)c4ccccc4)c3)cc2s1. The fraction of sp³-hybridized carbons (Fsp3) is 0. The van der Waals surface area contributed by atoms with Crippen molar-refractivity contribution in [1.82, 2.24) is 0 Å². The standard InChI is InChI=1S/C26H17NS2/c1-2-23-17-25-26(28-23)18-24(29-25)19-10-9-15-22(16-19)27(20-11-5-3-6-12-20)21-13-7-4-8-14-21/h1,3-18H. The van der Waals surface area contributed by atoms with Crippen LogP contribution in [0.3, 0.4) is 0 Å². The maximum absolute atomic E-state index is 5.55. The normalized spacial score (nSPS) is 10.7. The van der Waals surface area contributed by atoms with Crippen LogP contribution in [0.4, 0.5) is 17.1 Å². The molecule has 3 heteroatoms. The molecule has 5 aromatic rings. The fourth-order valence-corrected chi connectivity index (χ4v) is 5.65. The fourth-order valence-electron chi connectivity index (χ4n) is 3.45. The highest BCUT2D eigenvalue weighted by Gasteiger charge is 2.14. The van der Waals surface area contributed by atoms with Crippen molar-refractivity contribution in [3.05, 3.63) is 102 Å². The van der Waals surface area contributed by atoms with E-state index in [4.69, 9.17) is 6.42 Å². The minimum atomic E-state index is 0.992. The Morgan fingerprint density at radius 3 is 1.86 bits per heavy atom. The van der Waals surface area contributed by atoms with Gasteiger partial charge in [-0.2, -0.15) is 0 Å². The zero-order valence-corrected chi connectivity index (χ0v) is 17.2. The molecule has 0 fully saturated rings. The van der Waals surface area contributed by atoms with Gasteiger partial charge in [-0.05, 0) is 54.1 Å². The third kappa shape index (κ3) is 3.45. The first-order valence-corrected chi connectivity index (χ1v) is 11.0. The van der Waals surface area contributed by atoms with Crippen molar-refractivity contribution in [2.24, 2.45) is 0 Å². The van der Waals surface area contributed by atoms with Crippen molar-refractivity contribution >= 4 is 49.1 Å². The van der Waals surface area contributed by atoms with Crippen LogP contribution >= 0.6 is 22.7 Å². The molecule has 3 aromatic carbocycles. The highest BCUT2D eigenvalue weighted by molar-refractivity contribution is 7.29. The van der Waals surface area contributed by atoms with E-state index in [1.807, 2.05) is 12.1 Å². The first-order valence-electron chi connectivity index (χ1n) is 9.32. The lowest BCUT2D eigenvalue weighted by atomic mass is 10.1. The Morgan fingerprint density at radius 2 is 1.24 bits per heavy atom. The number of rotatable bonds is 4. The van der Waals surface area contributed by atoms with Crippen LogP contribution in [0.2, 0.25) is 0 Å². The lowest BCUT2D eigenvalue weighted by Gasteiger charge is -2.25. The van der Waals surface area contributed by atoms with Crippen LogP contribution in [0.25, 0.3) is 19.8 Å². The average molecular weight is 408 g/mol. The van der Waals surface area contributed by atoms with E-state index in [0.717, 1.165) is 21.9 Å². The molecule has 0 bridgehead atoms. The molecule has 2 aromatic heterocycles. The van der Waals surface area contributed by atoms with Gasteiger partial charge in [0.1, 0.15) is 0 Å². The van der Waals surface area contributed by atoms with E-state index in [1.165, 1.54) is 19.8 Å². The summed E-state index contributed by atoms with van der Waals surface area (Å²) < 4.78 is 2.51. The summed E-state index contributed by atoms with van der Waals surface area (Å²) in [5, 5.41) is 0. The van der Waals surface area contributed by atoms with Crippen LogP contribution in [-0.2, 0) is 0 Å². The number of nitrogens with zero attached hydrogens (tertiary/aromatic N) is 1. The predicted octanol–water partition coefficient (Wildman–Crippen LogP) is 8.08. The van der Waals surface area contributed by atoms with E-state index >= 15 is 0 Å². The lowest BCUT2D eigenvalue weighted by molar-refractivity contribution is 1.28. The molecule has 0 unspecified atom stereocenters. The third-order valence-electron chi connectivity index (χ3n) is 4.77. The molecule has 0 aliphatic rings. The Hall–Kier alpha value is -3.32. The van der Waals surface area contributed by atoms with Crippen molar-refractivity contribution in [2.45, 2.75) is 0 Å². The molecule has 29 heavy (non-hydrogen) atoms. The van der Waals surface area contributed by atoms with E-state index < -0.39 is 0 Å². The molecule has 0 aliphatic heterocycles. The lowest BCUT2D eigenvalue weighted by Crippen LogP contribution is -2.09. The molecule has 0 N–H and O–H groups in total. The number of para-hydroxylation sites is 2. The second-order valence-corrected chi connectivity index (χ2v) is 8.82. The smallest absolute Gasteiger partial charge is 0.0786 e. The monoisotopic (exact) mass is 407 g/mol. The van der Waals surface area contributed by atoms with Gasteiger partial charge in [0.2, 0.25) is 0 Å². The van der Waals surface area contributed by atoms with Crippen LogP contribution in [0.1, 0.15) is 4.88 Å². The second kappa shape index (κ2) is 7.60. The molecule has 0 saturated carbocycles. The van der Waals surface area contributed by atoms with E-state index in [-0.39, 0.29) is 0 Å². The van der Waals surface area contributed by atoms with E-state index in [9.17, 15) is 0 Å². The quantitative estimate of drug-likeness (QED) is 0.272. The molecule has 0 aliphatic carbocycles. The van der Waals surface area contributed by atoms with E-state index in [0.29, 0.717) is 0 Å². The van der Waals surface area contributed by atoms with Gasteiger partial charge in [-0.25, -0.2) is 0 Å². The zero-order valence-electron chi connectivity index (χ0n) is 15.6. The van der Waals surface area contributed by atoms with Crippen molar-refractivity contribution in [1.29, 1.82) is 0 Å². The Bertz CT molecular complexity index is 1240. The minimum Gasteiger partial charge on any atom is -0.310 e. The third-order valence-corrected chi connectivity index (χ3v) is 7.04. The van der Waals surface area contributed by atoms with Gasteiger partial charge in [0.15, 0.2) is 0 Å². The van der Waals surface area contributed by atoms with Crippen molar-refractivity contribution < 1.29 is 0 Å². The van der Waals surface area contributed by atoms with Crippen LogP contribution in [0.5, 0.6) is 0 Å². The van der Waals surface area contributed by atoms with Crippen LogP contribution in [0, 0.1) is 12.3 Å². The van der Waals surface area contributed by atoms with E-state index in [2.05, 4.69) is 95.7 Å². The topological polar surface area (TPSA) is 3.24 Å². The van der Waals surface area contributed by atoms with Gasteiger partial charge < -0.3 is 4.90 Å². The number of thiophene rings is 2. The van der Waals surface area contributed by atoms with Gasteiger partial charge >= 0.3 is 0 Å². The molecule has 0 amide bonds. The summed E-state index contributed by atoms with van der Waals surface area (Å²) in [6, 6.07) is 34.0. The molecule has 2 heterocycles. The zero-order chi connectivity index (χ0) is 19.6. The molecule has 0 radical (unpaired) electrons. The summed E-state index contributed by atoms with van der Waals surface area (Å²) in [6.45, 7) is 0. The molecule has 0 atom stereocenters. The number of anilines is 3. The van der Waals surface area contributed by atoms with Gasteiger partial charge in [-0.1, -0.05) is 54.5 Å². The first kappa shape index (κ1) is 17.8. The number of terminal acetylenes is 1. The number of benzene rings is 3. The summed E-state index contributed by atoms with van der Waals surface area (Å²) in [7, 11) is 0. The van der Waals surface area contributed by atoms with Crippen molar-refractivity contribution in [3.8, 4) is 22.8 Å². The Balaban J connectivity index is 1.60. The Morgan fingerprint density at radius 1 is 0.621 bits per heavy atom. The molecule has 138 valence electrons. The van der Waals surface area contributed by atoms with Crippen molar-refractivity contribution in [3.63, 3.8) is 0 Å². The number of hydrogen-bond acceptors (Lipinski definition) is 3. The van der Waals surface area contributed by atoms with E-state index in [1.54, 1.807) is 22.7 Å². The second-order valence-electron chi connectivity index (χ2n) is 6.65. The molecule has 1 nitrogen and oxygen atoms in total. The van der Waals surface area contributed by atoms with Gasteiger partial charge in [-0.15, -0.1) is 29.1 Å². The van der Waals surface area contributed by atoms with Gasteiger partial charge in [-0.3, -0.25) is 0 Å². The van der Waals surface area contributed by atoms with Crippen LogP contribution in [-0.4, -0.2) is 0 Å². The average Bonchev–Trinajstić information content (AvgIpc) is 3.35. The van der Waals surface area contributed by atoms with Crippen LogP contribution < -0.4 is 4.90 Å². The molecule has 0 spiro atoms. The summed E-state index contributed by atoms with van der Waals surface area (Å²) >= 11 is 3.48. The number of hydrogen-bond donors (Lipinski definition) is 0. The highest BCUT2D eigenvalue weighted by atomic mass is 32.1. The highest BCUT2D eigenvalue weighted by Crippen LogP contribution is 2.41. The summed E-state index contributed by atoms with van der Waals surface area (Å²) in [5.74, 6) is 2.74. The number of fused-ring (bicyclic) bond motifs is 1. The first-order chi connectivity index (χ1) is 14.3. The van der Waals surface area contributed by atoms with Gasteiger partial charge in [0.05, 0.1) is 4.88 Å². The molecular weight excluding hydrogens is 390 g/mol. The Kier molecular flexibility index (Phi) is 4.65. The minimum absolute atomic E-state index is 0.992. The largest absolute Gasteiger partial charge is 0.310 e. The van der Waals surface area contributed by atoms with Crippen LogP contribution in [0.15, 0.2) is 97.1 Å². The van der Waals surface area contributed by atoms with Crippen molar-refractivity contribution in [2.75, 3.05) is 4.90 Å². The molecular formula is C26H17NS2. The maximum atomic E-state index is 5.55. The summed E-state index contributed by atoms with van der Waals surface area (Å²) in [4.78, 5) is 4.54.